The molecule has 0 aliphatic carbocycles. The first kappa shape index (κ1) is 78.6. The van der Waals surface area contributed by atoms with Gasteiger partial charge in [-0.1, -0.05) is 416 Å². The van der Waals surface area contributed by atoms with Crippen LogP contribution in [0.5, 0.6) is 0 Å². The number of rotatable bonds is 12. The Hall–Kier alpha value is -14.6. The molecule has 126 heavy (non-hydrogen) atoms. The molecule has 0 saturated carbocycles. The molecule has 0 bridgehead atoms. The van der Waals surface area contributed by atoms with E-state index in [2.05, 4.69) is 505 Å². The summed E-state index contributed by atoms with van der Waals surface area (Å²) in [6.45, 7) is 8.35. The summed E-state index contributed by atoms with van der Waals surface area (Å²) in [5.74, 6) is 0. The van der Waals surface area contributed by atoms with Crippen molar-refractivity contribution in [3.63, 3.8) is 0 Å². The van der Waals surface area contributed by atoms with Gasteiger partial charge in [0.2, 0.25) is 0 Å². The molecule has 1 heterocycles. The largest absolute Gasteiger partial charge is 0.494 e. The SMILES string of the molecule is Brc1ccc2ccc(-c3c4ccccc4c(-c4cccc5ccccc45)c4ccccc34)cc2c1.CC1(C)OB(c2cccc(-c3cccc(-c4cccc(-c5ccccc5)c4)c3)c2)OC1(C)C.c1ccc(-c2cccc(-c3cccc(-c4cccc(-c5ccc6ccc(-c7c8ccccc8c(-c8cccc9ccccc89)c8ccccc78)cc6c5)c4)c3)c2)cc1. The molecule has 598 valence electrons. The fraction of sp³-hybridized carbons (Fsp3) is 0.0492. The summed E-state index contributed by atoms with van der Waals surface area (Å²) in [6, 6.07) is 167. The third-order valence-electron chi connectivity index (χ3n) is 25.8. The zero-order chi connectivity index (χ0) is 84.8. The van der Waals surface area contributed by atoms with E-state index in [0.29, 0.717) is 0 Å². The zero-order valence-electron chi connectivity index (χ0n) is 70.7. The summed E-state index contributed by atoms with van der Waals surface area (Å²) < 4.78 is 13.6. The van der Waals surface area contributed by atoms with Gasteiger partial charge in [0.1, 0.15) is 0 Å². The highest BCUT2D eigenvalue weighted by Crippen LogP contribution is 2.49. The number of halogens is 1. The molecule has 0 radical (unpaired) electrons. The molecule has 22 aromatic rings. The van der Waals surface area contributed by atoms with Gasteiger partial charge in [0, 0.05) is 4.47 Å². The molecule has 1 aliphatic heterocycles. The van der Waals surface area contributed by atoms with E-state index >= 15 is 0 Å². The normalized spacial score (nSPS) is 12.8. The Morgan fingerprint density at radius 2 is 0.421 bits per heavy atom. The van der Waals surface area contributed by atoms with Crippen LogP contribution in [0, 0.1) is 0 Å². The van der Waals surface area contributed by atoms with Crippen LogP contribution >= 0.6 is 15.9 Å². The molecule has 22 aromatic carbocycles. The smallest absolute Gasteiger partial charge is 0.399 e. The zero-order valence-corrected chi connectivity index (χ0v) is 72.2. The summed E-state index contributed by atoms with van der Waals surface area (Å²) in [5, 5.41) is 20.2. The van der Waals surface area contributed by atoms with Crippen LogP contribution in [-0.2, 0) is 9.31 Å². The van der Waals surface area contributed by atoms with Crippen LogP contribution in [-0.4, -0.2) is 18.3 Å². The highest BCUT2D eigenvalue weighted by atomic mass is 79.9. The van der Waals surface area contributed by atoms with E-state index in [1.165, 1.54) is 203 Å². The minimum atomic E-state index is -0.360. The summed E-state index contributed by atoms with van der Waals surface area (Å²) >= 11 is 3.65. The van der Waals surface area contributed by atoms with Gasteiger partial charge in [-0.15, -0.1) is 0 Å². The first-order valence-corrected chi connectivity index (χ1v) is 44.3. The monoisotopic (exact) mass is 1670 g/mol. The maximum atomic E-state index is 6.27. The molecule has 1 aliphatic rings. The van der Waals surface area contributed by atoms with Crippen LogP contribution in [0.4, 0.5) is 0 Å². The van der Waals surface area contributed by atoms with Gasteiger partial charge in [0.25, 0.3) is 0 Å². The summed E-state index contributed by atoms with van der Waals surface area (Å²) in [5.41, 5.74) is 27.4. The number of benzene rings is 22. The second kappa shape index (κ2) is 33.6. The van der Waals surface area contributed by atoms with Gasteiger partial charge in [0.05, 0.1) is 11.2 Å². The van der Waals surface area contributed by atoms with Crippen molar-refractivity contribution in [2.24, 2.45) is 0 Å². The topological polar surface area (TPSA) is 18.5 Å². The molecule has 0 unspecified atom stereocenters. The molecule has 2 nitrogen and oxygen atoms in total. The Bertz CT molecular complexity index is 7800. The van der Waals surface area contributed by atoms with Gasteiger partial charge in [-0.25, -0.2) is 0 Å². The third kappa shape index (κ3) is 15.2. The van der Waals surface area contributed by atoms with Gasteiger partial charge in [-0.3, -0.25) is 0 Å². The maximum absolute atomic E-state index is 6.27. The predicted molar refractivity (Wildman–Crippen MR) is 543 cm³/mol. The number of hydrogen-bond donors (Lipinski definition) is 0. The average Bonchev–Trinajstić information content (AvgIpc) is 1.33. The molecule has 1 fully saturated rings. The van der Waals surface area contributed by atoms with E-state index < -0.39 is 0 Å². The standard InChI is InChI=1S/C58H38.C34H21Br.C30H29BO2/c1-2-14-39(15-3-1)42-18-10-19-43(34-42)44-20-11-21-45(35-44)46-22-12-23-47(36-46)48-32-30-40-31-33-49(38-50(40)37-48)57-53-25-6-8-27-55(53)58(56-28-9-7-26-54(56)57)52-29-13-17-41-16-4-5-24-51(41)52;35-26-19-18-22-16-17-24(20-25(22)21-26)33-29-11-3-5-13-31(29)34(32-14-6-4-12-30(32)33)28-15-7-9-23-8-1-2-10-27(23)28;1-29(2)30(3,4)33-31(32-29)28-18-10-17-27(21-28)26-16-9-15-25(20-26)24-14-8-13-23(19-24)22-11-6-5-7-12-22/h1-38H;1-21H;5-21H,1-4H3. The molecule has 4 heteroatoms. The van der Waals surface area contributed by atoms with Crippen molar-refractivity contribution < 1.29 is 9.31 Å². The van der Waals surface area contributed by atoms with E-state index in [0.717, 1.165) is 15.5 Å². The second-order valence-electron chi connectivity index (χ2n) is 34.1. The Labute approximate surface area is 745 Å². The quantitative estimate of drug-likeness (QED) is 0.0897. The van der Waals surface area contributed by atoms with Crippen molar-refractivity contribution in [3.8, 4) is 122 Å². The maximum Gasteiger partial charge on any atom is 0.494 e. The van der Waals surface area contributed by atoms with Crippen LogP contribution in [0.3, 0.4) is 0 Å². The Morgan fingerprint density at radius 1 is 0.175 bits per heavy atom. The fourth-order valence-corrected chi connectivity index (χ4v) is 19.2. The van der Waals surface area contributed by atoms with Gasteiger partial charge in [-0.05, 0) is 302 Å². The van der Waals surface area contributed by atoms with Crippen molar-refractivity contribution in [3.05, 3.63) is 466 Å². The van der Waals surface area contributed by atoms with E-state index in [1.807, 2.05) is 0 Å². The van der Waals surface area contributed by atoms with E-state index in [-0.39, 0.29) is 18.3 Å². The van der Waals surface area contributed by atoms with E-state index in [9.17, 15) is 0 Å². The summed E-state index contributed by atoms with van der Waals surface area (Å²) in [4.78, 5) is 0. The molecular formula is C122H88BBrO2. The molecule has 0 N–H and O–H groups in total. The molecule has 0 aromatic heterocycles. The van der Waals surface area contributed by atoms with Crippen LogP contribution in [0.2, 0.25) is 0 Å². The molecule has 0 amide bonds. The predicted octanol–water partition coefficient (Wildman–Crippen LogP) is 33.7. The van der Waals surface area contributed by atoms with Gasteiger partial charge in [0.15, 0.2) is 0 Å². The minimum absolute atomic E-state index is 0.350. The van der Waals surface area contributed by atoms with Crippen LogP contribution < -0.4 is 5.46 Å². The van der Waals surface area contributed by atoms with Crippen LogP contribution in [0.15, 0.2) is 466 Å². The average molecular weight is 1680 g/mol. The molecular weight excluding hydrogens is 1590 g/mol. The van der Waals surface area contributed by atoms with Gasteiger partial charge < -0.3 is 9.31 Å². The number of hydrogen-bond acceptors (Lipinski definition) is 2. The number of fused-ring (bicyclic) bond motifs is 8. The van der Waals surface area contributed by atoms with Crippen molar-refractivity contribution in [1.29, 1.82) is 0 Å². The molecule has 23 rings (SSSR count). The summed E-state index contributed by atoms with van der Waals surface area (Å²) in [6.07, 6.45) is 0. The lowest BCUT2D eigenvalue weighted by Crippen LogP contribution is -2.41. The molecule has 1 saturated heterocycles. The lowest BCUT2D eigenvalue weighted by molar-refractivity contribution is 0.00578. The van der Waals surface area contributed by atoms with Gasteiger partial charge in [-0.2, -0.15) is 0 Å². The van der Waals surface area contributed by atoms with Crippen molar-refractivity contribution >= 4 is 115 Å². The Kier molecular flexibility index (Phi) is 20.9. The first-order valence-electron chi connectivity index (χ1n) is 43.5. The van der Waals surface area contributed by atoms with E-state index in [4.69, 9.17) is 9.31 Å². The molecule has 0 atom stereocenters. The van der Waals surface area contributed by atoms with Gasteiger partial charge >= 0.3 is 7.12 Å². The fourth-order valence-electron chi connectivity index (χ4n) is 18.8. The highest BCUT2D eigenvalue weighted by Gasteiger charge is 2.51. The van der Waals surface area contributed by atoms with Crippen LogP contribution in [0.25, 0.3) is 209 Å². The lowest BCUT2D eigenvalue weighted by Gasteiger charge is -2.32. The Morgan fingerprint density at radius 3 is 0.786 bits per heavy atom. The first-order chi connectivity index (χ1) is 61.8. The third-order valence-corrected chi connectivity index (χ3v) is 26.3. The summed E-state index contributed by atoms with van der Waals surface area (Å²) in [7, 11) is -0.360. The van der Waals surface area contributed by atoms with Crippen molar-refractivity contribution in [2.45, 2.75) is 38.9 Å². The van der Waals surface area contributed by atoms with Crippen LogP contribution in [0.1, 0.15) is 27.7 Å². The Balaban J connectivity index is 0.000000123. The van der Waals surface area contributed by atoms with Crippen molar-refractivity contribution in [1.82, 2.24) is 0 Å². The van der Waals surface area contributed by atoms with Crippen molar-refractivity contribution in [2.75, 3.05) is 0 Å². The van der Waals surface area contributed by atoms with E-state index in [1.54, 1.807) is 0 Å². The lowest BCUT2D eigenvalue weighted by atomic mass is 9.78. The minimum Gasteiger partial charge on any atom is -0.399 e. The molecule has 0 spiro atoms. The second-order valence-corrected chi connectivity index (χ2v) is 35.0. The highest BCUT2D eigenvalue weighted by molar-refractivity contribution is 9.10.